The van der Waals surface area contributed by atoms with E-state index in [1.165, 1.54) is 24.3 Å². The molecule has 2 aromatic carbocycles. The molecule has 0 bridgehead atoms. The molecule has 0 aliphatic rings. The van der Waals surface area contributed by atoms with Crippen molar-refractivity contribution >= 4 is 17.5 Å². The number of carbonyl (C=O) groups is 1. The zero-order chi connectivity index (χ0) is 16.2. The number of hydrogen-bond acceptors (Lipinski definition) is 2. The molecule has 0 radical (unpaired) electrons. The zero-order valence-electron chi connectivity index (χ0n) is 12.0. The highest BCUT2D eigenvalue weighted by molar-refractivity contribution is 8.00. The van der Waals surface area contributed by atoms with Gasteiger partial charge in [-0.15, -0.1) is 0 Å². The summed E-state index contributed by atoms with van der Waals surface area (Å²) in [5.41, 5.74) is -1.65. The molecule has 0 aliphatic heterocycles. The minimum absolute atomic E-state index is 0.0648. The SMILES string of the molecule is Cc1cccc(CCC(=O)c2ccc(SC(F)(F)F)cc2)c1. The third-order valence-corrected chi connectivity index (χ3v) is 3.87. The Balaban J connectivity index is 1.95. The van der Waals surface area contributed by atoms with Crippen LogP contribution in [0.5, 0.6) is 0 Å². The maximum Gasteiger partial charge on any atom is 0.446 e. The van der Waals surface area contributed by atoms with Gasteiger partial charge in [-0.3, -0.25) is 4.79 Å². The molecule has 0 atom stereocenters. The molecule has 1 nitrogen and oxygen atoms in total. The highest BCUT2D eigenvalue weighted by Gasteiger charge is 2.29. The third kappa shape index (κ3) is 5.22. The molecule has 0 unspecified atom stereocenters. The van der Waals surface area contributed by atoms with E-state index in [0.717, 1.165) is 11.1 Å². The van der Waals surface area contributed by atoms with Gasteiger partial charge in [-0.1, -0.05) is 42.0 Å². The molecule has 2 aromatic rings. The van der Waals surface area contributed by atoms with Crippen LogP contribution in [0.4, 0.5) is 13.2 Å². The van der Waals surface area contributed by atoms with Crippen molar-refractivity contribution in [3.8, 4) is 0 Å². The van der Waals surface area contributed by atoms with E-state index in [9.17, 15) is 18.0 Å². The Bertz CT molecular complexity index is 648. The van der Waals surface area contributed by atoms with Crippen LogP contribution in [0.2, 0.25) is 0 Å². The van der Waals surface area contributed by atoms with Crippen molar-refractivity contribution in [2.45, 2.75) is 30.2 Å². The standard InChI is InChI=1S/C17H15F3OS/c1-12-3-2-4-13(11-12)5-10-16(21)14-6-8-15(9-7-14)22-17(18,19)20/h2-4,6-9,11H,5,10H2,1H3. The van der Waals surface area contributed by atoms with Crippen LogP contribution in [0.1, 0.15) is 27.9 Å². The topological polar surface area (TPSA) is 17.1 Å². The second-order valence-electron chi connectivity index (χ2n) is 4.98. The molecule has 2 rings (SSSR count). The highest BCUT2D eigenvalue weighted by atomic mass is 32.2. The average molecular weight is 324 g/mol. The fraction of sp³-hybridized carbons (Fsp3) is 0.235. The lowest BCUT2D eigenvalue weighted by Gasteiger charge is -2.06. The molecule has 0 aliphatic carbocycles. The van der Waals surface area contributed by atoms with E-state index < -0.39 is 5.51 Å². The van der Waals surface area contributed by atoms with Crippen LogP contribution in [0.3, 0.4) is 0 Å². The van der Waals surface area contributed by atoms with Gasteiger partial charge < -0.3 is 0 Å². The van der Waals surface area contributed by atoms with Gasteiger partial charge in [-0.25, -0.2) is 0 Å². The predicted octanol–water partition coefficient (Wildman–Crippen LogP) is 5.42. The lowest BCUT2D eigenvalue weighted by atomic mass is 10.0. The number of hydrogen-bond donors (Lipinski definition) is 0. The van der Waals surface area contributed by atoms with Crippen LogP contribution in [0, 0.1) is 6.92 Å². The summed E-state index contributed by atoms with van der Waals surface area (Å²) in [6.07, 6.45) is 0.967. The van der Waals surface area contributed by atoms with Crippen LogP contribution in [0.15, 0.2) is 53.4 Å². The second-order valence-corrected chi connectivity index (χ2v) is 6.12. The van der Waals surface area contributed by atoms with Crippen molar-refractivity contribution in [1.82, 2.24) is 0 Å². The fourth-order valence-electron chi connectivity index (χ4n) is 2.11. The first kappa shape index (κ1) is 16.6. The van der Waals surface area contributed by atoms with Gasteiger partial charge in [0.1, 0.15) is 0 Å². The number of Topliss-reactive ketones (excluding diaryl/α,β-unsaturated/α-hetero) is 1. The molecule has 0 amide bonds. The number of aryl methyl sites for hydroxylation is 2. The van der Waals surface area contributed by atoms with Gasteiger partial charge >= 0.3 is 5.51 Å². The fourth-order valence-corrected chi connectivity index (χ4v) is 2.65. The molecule has 116 valence electrons. The van der Waals surface area contributed by atoms with Crippen molar-refractivity contribution in [3.63, 3.8) is 0 Å². The van der Waals surface area contributed by atoms with Gasteiger partial charge in [-0.05, 0) is 42.8 Å². The largest absolute Gasteiger partial charge is 0.446 e. The van der Waals surface area contributed by atoms with Crippen LogP contribution in [-0.2, 0) is 6.42 Å². The quantitative estimate of drug-likeness (QED) is 0.539. The number of thioether (sulfide) groups is 1. The van der Waals surface area contributed by atoms with E-state index in [-0.39, 0.29) is 22.4 Å². The van der Waals surface area contributed by atoms with Crippen LogP contribution in [0.25, 0.3) is 0 Å². The van der Waals surface area contributed by atoms with Crippen LogP contribution in [-0.4, -0.2) is 11.3 Å². The number of ketones is 1. The molecule has 0 heterocycles. The molecule has 0 N–H and O–H groups in total. The maximum absolute atomic E-state index is 12.2. The minimum Gasteiger partial charge on any atom is -0.294 e. The van der Waals surface area contributed by atoms with Gasteiger partial charge in [-0.2, -0.15) is 13.2 Å². The van der Waals surface area contributed by atoms with E-state index in [2.05, 4.69) is 0 Å². The molecule has 0 saturated heterocycles. The van der Waals surface area contributed by atoms with Crippen molar-refractivity contribution < 1.29 is 18.0 Å². The lowest BCUT2D eigenvalue weighted by Crippen LogP contribution is -2.02. The summed E-state index contributed by atoms with van der Waals surface area (Å²) >= 11 is -0.178. The summed E-state index contributed by atoms with van der Waals surface area (Å²) in [6, 6.07) is 13.5. The summed E-state index contributed by atoms with van der Waals surface area (Å²) in [5.74, 6) is -0.0648. The van der Waals surface area contributed by atoms with E-state index in [1.807, 2.05) is 31.2 Å². The Kier molecular flexibility index (Phi) is 5.29. The molecule has 22 heavy (non-hydrogen) atoms. The summed E-state index contributed by atoms with van der Waals surface area (Å²) in [5, 5.41) is 0. The first-order valence-electron chi connectivity index (χ1n) is 6.78. The summed E-state index contributed by atoms with van der Waals surface area (Å²) in [4.78, 5) is 12.2. The Morgan fingerprint density at radius 2 is 1.77 bits per heavy atom. The first-order valence-corrected chi connectivity index (χ1v) is 7.60. The summed E-state index contributed by atoms with van der Waals surface area (Å²) in [6.45, 7) is 1.99. The van der Waals surface area contributed by atoms with Crippen molar-refractivity contribution in [1.29, 1.82) is 0 Å². The number of benzene rings is 2. The molecule has 0 aromatic heterocycles. The van der Waals surface area contributed by atoms with Crippen molar-refractivity contribution in [3.05, 3.63) is 65.2 Å². The zero-order valence-corrected chi connectivity index (χ0v) is 12.8. The number of halogens is 3. The van der Waals surface area contributed by atoms with Gasteiger partial charge in [0, 0.05) is 16.9 Å². The van der Waals surface area contributed by atoms with Crippen molar-refractivity contribution in [2.24, 2.45) is 0 Å². The molecule has 0 saturated carbocycles. The van der Waals surface area contributed by atoms with E-state index in [4.69, 9.17) is 0 Å². The second kappa shape index (κ2) is 7.01. The van der Waals surface area contributed by atoms with Gasteiger partial charge in [0.25, 0.3) is 0 Å². The number of carbonyl (C=O) groups excluding carboxylic acids is 1. The van der Waals surface area contributed by atoms with Gasteiger partial charge in [0.2, 0.25) is 0 Å². The number of alkyl halides is 3. The van der Waals surface area contributed by atoms with Crippen LogP contribution >= 0.6 is 11.8 Å². The Labute approximate surface area is 131 Å². The first-order chi connectivity index (χ1) is 10.3. The summed E-state index contributed by atoms with van der Waals surface area (Å²) < 4.78 is 36.7. The predicted molar refractivity (Wildman–Crippen MR) is 82.2 cm³/mol. The summed E-state index contributed by atoms with van der Waals surface area (Å²) in [7, 11) is 0. The molecule has 5 heteroatoms. The third-order valence-electron chi connectivity index (χ3n) is 3.13. The van der Waals surface area contributed by atoms with Crippen molar-refractivity contribution in [2.75, 3.05) is 0 Å². The Morgan fingerprint density at radius 3 is 2.36 bits per heavy atom. The monoisotopic (exact) mass is 324 g/mol. The Hall–Kier alpha value is -1.75. The van der Waals surface area contributed by atoms with E-state index in [1.54, 1.807) is 0 Å². The number of rotatable bonds is 5. The lowest BCUT2D eigenvalue weighted by molar-refractivity contribution is -0.0328. The van der Waals surface area contributed by atoms with E-state index >= 15 is 0 Å². The minimum atomic E-state index is -4.31. The molecule has 0 fully saturated rings. The molecule has 0 spiro atoms. The van der Waals surface area contributed by atoms with Gasteiger partial charge in [0.05, 0.1) is 0 Å². The smallest absolute Gasteiger partial charge is 0.294 e. The molecular weight excluding hydrogens is 309 g/mol. The normalized spacial score (nSPS) is 11.5. The van der Waals surface area contributed by atoms with E-state index in [0.29, 0.717) is 18.4 Å². The Morgan fingerprint density at radius 1 is 1.09 bits per heavy atom. The molecular formula is C17H15F3OS. The highest BCUT2D eigenvalue weighted by Crippen LogP contribution is 2.36. The van der Waals surface area contributed by atoms with Gasteiger partial charge in [0.15, 0.2) is 5.78 Å². The van der Waals surface area contributed by atoms with Crippen LogP contribution < -0.4 is 0 Å². The average Bonchev–Trinajstić information content (AvgIpc) is 2.44. The maximum atomic E-state index is 12.2.